The van der Waals surface area contributed by atoms with Crippen LogP contribution in [-0.2, 0) is 19.1 Å². The van der Waals surface area contributed by atoms with Crippen molar-refractivity contribution >= 4 is 11.9 Å². The number of esters is 2. The van der Waals surface area contributed by atoms with Crippen LogP contribution < -0.4 is 0 Å². The van der Waals surface area contributed by atoms with E-state index in [4.69, 9.17) is 9.47 Å². The quantitative estimate of drug-likeness (QED) is 0.0327. The lowest BCUT2D eigenvalue weighted by Gasteiger charge is -2.15. The van der Waals surface area contributed by atoms with Gasteiger partial charge in [-0.3, -0.25) is 9.59 Å². The SMILES string of the molecule is CCCCC[C@H](O)/C=C/C=C\C/C=C\C/C=C\CCCC(=O)O[C@@H](CO)COC(=O)CCCCCCCCCCCCC(C)CC. The van der Waals surface area contributed by atoms with Gasteiger partial charge in [0.25, 0.3) is 0 Å². The highest BCUT2D eigenvalue weighted by Gasteiger charge is 2.16. The number of hydrogen-bond acceptors (Lipinski definition) is 6. The lowest BCUT2D eigenvalue weighted by atomic mass is 9.99. The summed E-state index contributed by atoms with van der Waals surface area (Å²) in [4.78, 5) is 24.2. The number of ether oxygens (including phenoxy) is 2. The molecule has 0 aromatic heterocycles. The number of allylic oxidation sites excluding steroid dienone is 7. The maximum absolute atomic E-state index is 12.1. The first kappa shape index (κ1) is 43.8. The van der Waals surface area contributed by atoms with Crippen molar-refractivity contribution in [2.45, 2.75) is 174 Å². The van der Waals surface area contributed by atoms with Gasteiger partial charge in [-0.1, -0.05) is 159 Å². The van der Waals surface area contributed by atoms with Crippen molar-refractivity contribution in [1.29, 1.82) is 0 Å². The lowest BCUT2D eigenvalue weighted by Crippen LogP contribution is -2.28. The first-order valence-corrected chi connectivity index (χ1v) is 18.7. The monoisotopic (exact) mass is 647 g/mol. The third-order valence-electron chi connectivity index (χ3n) is 8.27. The minimum atomic E-state index is -0.812. The fraction of sp³-hybridized carbons (Fsp3) is 0.750. The summed E-state index contributed by atoms with van der Waals surface area (Å²) < 4.78 is 10.5. The molecular formula is C40H70O6. The Morgan fingerprint density at radius 1 is 0.674 bits per heavy atom. The number of aliphatic hydroxyl groups excluding tert-OH is 2. The van der Waals surface area contributed by atoms with Crippen LogP contribution in [0.5, 0.6) is 0 Å². The maximum Gasteiger partial charge on any atom is 0.306 e. The van der Waals surface area contributed by atoms with Crippen molar-refractivity contribution in [1.82, 2.24) is 0 Å². The fourth-order valence-corrected chi connectivity index (χ4v) is 4.98. The third-order valence-corrected chi connectivity index (χ3v) is 8.27. The number of carbonyl (C=O) groups excluding carboxylic acids is 2. The molecule has 2 N–H and O–H groups in total. The van der Waals surface area contributed by atoms with Crippen molar-refractivity contribution in [3.05, 3.63) is 48.6 Å². The standard InChI is InChI=1S/C40H70O6/c1-4-6-24-30-37(42)31-26-21-17-13-8-7-9-15-19-23-28-33-40(44)46-38(34-41)35-45-39(43)32-27-22-18-14-11-10-12-16-20-25-29-36(3)5-2/h7-8,15,17,19,21,26,31,36-38,41-42H,4-6,9-14,16,18,20,22-25,27-30,32-35H2,1-3H3/b8-7-,19-15-,21-17-,31-26+/t36?,37-,38-/m0/s1. The summed E-state index contributed by atoms with van der Waals surface area (Å²) in [7, 11) is 0. The van der Waals surface area contributed by atoms with Gasteiger partial charge >= 0.3 is 11.9 Å². The molecule has 0 amide bonds. The van der Waals surface area contributed by atoms with Crippen LogP contribution in [0.2, 0.25) is 0 Å². The number of unbranched alkanes of at least 4 members (excludes halogenated alkanes) is 12. The maximum atomic E-state index is 12.1. The topological polar surface area (TPSA) is 93.1 Å². The zero-order valence-electron chi connectivity index (χ0n) is 29.8. The molecule has 6 heteroatoms. The van der Waals surface area contributed by atoms with E-state index >= 15 is 0 Å². The highest BCUT2D eigenvalue weighted by molar-refractivity contribution is 5.70. The van der Waals surface area contributed by atoms with Crippen LogP contribution in [0.3, 0.4) is 0 Å². The Labute approximate surface area is 282 Å². The van der Waals surface area contributed by atoms with Crippen LogP contribution in [0.15, 0.2) is 48.6 Å². The molecule has 46 heavy (non-hydrogen) atoms. The van der Waals surface area contributed by atoms with E-state index in [1.807, 2.05) is 18.2 Å². The molecule has 0 aliphatic carbocycles. The third kappa shape index (κ3) is 31.8. The Balaban J connectivity index is 3.74. The molecule has 266 valence electrons. The molecule has 0 heterocycles. The largest absolute Gasteiger partial charge is 0.462 e. The van der Waals surface area contributed by atoms with E-state index < -0.39 is 6.10 Å². The van der Waals surface area contributed by atoms with Gasteiger partial charge in [-0.2, -0.15) is 0 Å². The van der Waals surface area contributed by atoms with Gasteiger partial charge in [0.15, 0.2) is 6.10 Å². The Hall–Kier alpha value is -2.18. The molecule has 0 aliphatic rings. The first-order valence-electron chi connectivity index (χ1n) is 18.7. The summed E-state index contributed by atoms with van der Waals surface area (Å²) in [6.07, 6.45) is 37.8. The fourth-order valence-electron chi connectivity index (χ4n) is 4.98. The molecular weight excluding hydrogens is 576 g/mol. The molecule has 0 bridgehead atoms. The minimum Gasteiger partial charge on any atom is -0.462 e. The van der Waals surface area contributed by atoms with E-state index in [-0.39, 0.29) is 37.7 Å². The van der Waals surface area contributed by atoms with E-state index in [1.54, 1.807) is 0 Å². The number of carbonyl (C=O) groups is 2. The number of rotatable bonds is 32. The summed E-state index contributed by atoms with van der Waals surface area (Å²) in [5.41, 5.74) is 0. The zero-order chi connectivity index (χ0) is 33.9. The first-order chi connectivity index (χ1) is 22.4. The highest BCUT2D eigenvalue weighted by Crippen LogP contribution is 2.15. The van der Waals surface area contributed by atoms with Gasteiger partial charge in [0, 0.05) is 12.8 Å². The second-order valence-electron chi connectivity index (χ2n) is 12.7. The van der Waals surface area contributed by atoms with E-state index in [0.717, 1.165) is 63.7 Å². The van der Waals surface area contributed by atoms with E-state index in [2.05, 4.69) is 51.2 Å². The summed E-state index contributed by atoms with van der Waals surface area (Å²) >= 11 is 0. The van der Waals surface area contributed by atoms with E-state index in [0.29, 0.717) is 12.8 Å². The molecule has 1 unspecified atom stereocenters. The number of aliphatic hydroxyl groups is 2. The van der Waals surface area contributed by atoms with Gasteiger partial charge in [-0.05, 0) is 44.4 Å². The van der Waals surface area contributed by atoms with Crippen molar-refractivity contribution in [2.24, 2.45) is 5.92 Å². The van der Waals surface area contributed by atoms with E-state index in [9.17, 15) is 19.8 Å². The van der Waals surface area contributed by atoms with Crippen LogP contribution in [0, 0.1) is 5.92 Å². The van der Waals surface area contributed by atoms with Gasteiger partial charge in [-0.15, -0.1) is 0 Å². The van der Waals surface area contributed by atoms with Crippen LogP contribution in [-0.4, -0.2) is 47.6 Å². The second kappa shape index (κ2) is 34.2. The Morgan fingerprint density at radius 3 is 1.91 bits per heavy atom. The van der Waals surface area contributed by atoms with Gasteiger partial charge in [-0.25, -0.2) is 0 Å². The normalized spacial score (nSPS) is 14.1. The molecule has 0 spiro atoms. The van der Waals surface area contributed by atoms with Crippen LogP contribution in [0.4, 0.5) is 0 Å². The predicted octanol–water partition coefficient (Wildman–Crippen LogP) is 10.3. The molecule has 0 radical (unpaired) electrons. The summed E-state index contributed by atoms with van der Waals surface area (Å²) in [5.74, 6) is 0.185. The Morgan fingerprint density at radius 2 is 1.26 bits per heavy atom. The highest BCUT2D eigenvalue weighted by atomic mass is 16.6. The van der Waals surface area contributed by atoms with E-state index in [1.165, 1.54) is 64.2 Å². The van der Waals surface area contributed by atoms with Gasteiger partial charge in [0.05, 0.1) is 12.7 Å². The molecule has 6 nitrogen and oxygen atoms in total. The molecule has 0 aliphatic heterocycles. The lowest BCUT2D eigenvalue weighted by molar-refractivity contribution is -0.161. The Bertz CT molecular complexity index is 815. The molecule has 0 rings (SSSR count). The second-order valence-corrected chi connectivity index (χ2v) is 12.7. The average molecular weight is 647 g/mol. The molecule has 3 atom stereocenters. The molecule has 0 aromatic carbocycles. The molecule has 0 fully saturated rings. The van der Waals surface area contributed by atoms with Gasteiger partial charge in [0.1, 0.15) is 6.61 Å². The minimum absolute atomic E-state index is 0.100. The summed E-state index contributed by atoms with van der Waals surface area (Å²) in [6.45, 7) is 6.31. The average Bonchev–Trinajstić information content (AvgIpc) is 3.05. The smallest absolute Gasteiger partial charge is 0.306 e. The Kier molecular flexibility index (Phi) is 32.5. The van der Waals surface area contributed by atoms with Crippen molar-refractivity contribution < 1.29 is 29.3 Å². The van der Waals surface area contributed by atoms with Crippen LogP contribution in [0.25, 0.3) is 0 Å². The summed E-state index contributed by atoms with van der Waals surface area (Å²) in [6, 6.07) is 0. The van der Waals surface area contributed by atoms with Gasteiger partial charge < -0.3 is 19.7 Å². The zero-order valence-corrected chi connectivity index (χ0v) is 29.8. The summed E-state index contributed by atoms with van der Waals surface area (Å²) in [5, 5.41) is 19.4. The van der Waals surface area contributed by atoms with Crippen molar-refractivity contribution in [3.63, 3.8) is 0 Å². The number of hydrogen-bond donors (Lipinski definition) is 2. The molecule has 0 aromatic rings. The van der Waals surface area contributed by atoms with Gasteiger partial charge in [0.2, 0.25) is 0 Å². The molecule has 0 saturated heterocycles. The van der Waals surface area contributed by atoms with Crippen molar-refractivity contribution in [2.75, 3.05) is 13.2 Å². The molecule has 0 saturated carbocycles. The van der Waals surface area contributed by atoms with Crippen LogP contribution >= 0.6 is 0 Å². The van der Waals surface area contributed by atoms with Crippen LogP contribution in [0.1, 0.15) is 162 Å². The predicted molar refractivity (Wildman–Crippen MR) is 193 cm³/mol. The van der Waals surface area contributed by atoms with Crippen molar-refractivity contribution in [3.8, 4) is 0 Å².